The molecule has 1 saturated carbocycles. The maximum absolute atomic E-state index is 12.9. The molecule has 3 aromatic rings. The molecule has 0 amide bonds. The van der Waals surface area contributed by atoms with Crippen molar-refractivity contribution in [3.05, 3.63) is 53.6 Å². The van der Waals surface area contributed by atoms with E-state index in [1.165, 1.54) is 12.1 Å². The van der Waals surface area contributed by atoms with Crippen molar-refractivity contribution in [1.29, 1.82) is 0 Å². The van der Waals surface area contributed by atoms with Gasteiger partial charge in [0.25, 0.3) is 6.43 Å². The summed E-state index contributed by atoms with van der Waals surface area (Å²) in [6.07, 6.45) is -1.85. The standard InChI is InChI=1S/C15H12F3N5/c16-9-3-1-8(2-4-9)10-7-11(10)19-12-5-6-13-20-21-15(14(17)18)23(13)22-12/h1-6,10-11,14H,7H2,(H,19,22)/t10-,11?/m0/s1. The molecular formula is C15H12F3N5. The van der Waals surface area contributed by atoms with E-state index < -0.39 is 12.2 Å². The van der Waals surface area contributed by atoms with Gasteiger partial charge >= 0.3 is 0 Å². The summed E-state index contributed by atoms with van der Waals surface area (Å²) in [5.74, 6) is 0.00471. The van der Waals surface area contributed by atoms with Crippen LogP contribution in [0.5, 0.6) is 0 Å². The van der Waals surface area contributed by atoms with Gasteiger partial charge in [-0.1, -0.05) is 12.1 Å². The van der Waals surface area contributed by atoms with Gasteiger partial charge in [-0.05, 0) is 36.2 Å². The fourth-order valence-electron chi connectivity index (χ4n) is 2.64. The van der Waals surface area contributed by atoms with E-state index in [0.29, 0.717) is 5.82 Å². The van der Waals surface area contributed by atoms with Crippen LogP contribution in [0.25, 0.3) is 5.65 Å². The number of rotatable bonds is 4. The summed E-state index contributed by atoms with van der Waals surface area (Å²) >= 11 is 0. The average Bonchev–Trinajstić information content (AvgIpc) is 3.15. The van der Waals surface area contributed by atoms with Crippen LogP contribution in [-0.2, 0) is 0 Å². The van der Waals surface area contributed by atoms with Gasteiger partial charge in [0.15, 0.2) is 5.65 Å². The van der Waals surface area contributed by atoms with E-state index in [1.807, 2.05) is 0 Å². The third-order valence-electron chi connectivity index (χ3n) is 3.90. The van der Waals surface area contributed by atoms with E-state index in [-0.39, 0.29) is 23.4 Å². The van der Waals surface area contributed by atoms with E-state index >= 15 is 0 Å². The molecule has 1 unspecified atom stereocenters. The van der Waals surface area contributed by atoms with E-state index in [0.717, 1.165) is 16.5 Å². The molecule has 0 aliphatic heterocycles. The summed E-state index contributed by atoms with van der Waals surface area (Å²) in [6, 6.07) is 9.79. The number of anilines is 1. The summed E-state index contributed by atoms with van der Waals surface area (Å²) in [5, 5.41) is 14.4. The molecular weight excluding hydrogens is 307 g/mol. The fraction of sp³-hybridized carbons (Fsp3) is 0.267. The summed E-state index contributed by atoms with van der Waals surface area (Å²) in [5.41, 5.74) is 1.32. The highest BCUT2D eigenvalue weighted by Gasteiger charge is 2.38. The fourth-order valence-corrected chi connectivity index (χ4v) is 2.64. The molecule has 1 aliphatic rings. The Labute approximate surface area is 129 Å². The van der Waals surface area contributed by atoms with Crippen LogP contribution in [0.4, 0.5) is 19.0 Å². The monoisotopic (exact) mass is 319 g/mol. The molecule has 0 spiro atoms. The van der Waals surface area contributed by atoms with Gasteiger partial charge in [0.2, 0.25) is 5.82 Å². The number of benzene rings is 1. The van der Waals surface area contributed by atoms with E-state index in [1.54, 1.807) is 24.3 Å². The van der Waals surface area contributed by atoms with Crippen molar-refractivity contribution in [3.63, 3.8) is 0 Å². The second-order valence-electron chi connectivity index (χ2n) is 5.49. The van der Waals surface area contributed by atoms with Crippen molar-refractivity contribution >= 4 is 11.5 Å². The molecule has 2 aromatic heterocycles. The molecule has 2 atom stereocenters. The van der Waals surface area contributed by atoms with Gasteiger partial charge in [-0.2, -0.15) is 4.52 Å². The van der Waals surface area contributed by atoms with Crippen LogP contribution < -0.4 is 5.32 Å². The van der Waals surface area contributed by atoms with Crippen LogP contribution in [0, 0.1) is 5.82 Å². The molecule has 118 valence electrons. The van der Waals surface area contributed by atoms with Crippen LogP contribution in [0.2, 0.25) is 0 Å². The lowest BCUT2D eigenvalue weighted by molar-refractivity contribution is 0.137. The Morgan fingerprint density at radius 2 is 1.87 bits per heavy atom. The number of fused-ring (bicyclic) bond motifs is 1. The minimum atomic E-state index is -2.74. The molecule has 1 aromatic carbocycles. The zero-order valence-electron chi connectivity index (χ0n) is 11.8. The molecule has 1 aliphatic carbocycles. The average molecular weight is 319 g/mol. The molecule has 4 rings (SSSR count). The second kappa shape index (κ2) is 5.22. The van der Waals surface area contributed by atoms with Crippen LogP contribution >= 0.6 is 0 Å². The summed E-state index contributed by atoms with van der Waals surface area (Å²) in [7, 11) is 0. The van der Waals surface area contributed by atoms with Gasteiger partial charge in [-0.25, -0.2) is 13.2 Å². The third-order valence-corrected chi connectivity index (χ3v) is 3.90. The van der Waals surface area contributed by atoms with Crippen LogP contribution in [0.1, 0.15) is 30.2 Å². The Morgan fingerprint density at radius 1 is 1.09 bits per heavy atom. The Bertz CT molecular complexity index is 846. The quantitative estimate of drug-likeness (QED) is 0.802. The van der Waals surface area contributed by atoms with Crippen molar-refractivity contribution < 1.29 is 13.2 Å². The van der Waals surface area contributed by atoms with Gasteiger partial charge in [0, 0.05) is 12.0 Å². The number of nitrogens with one attached hydrogen (secondary N) is 1. The van der Waals surface area contributed by atoms with Crippen molar-refractivity contribution in [1.82, 2.24) is 19.8 Å². The number of hydrogen-bond donors (Lipinski definition) is 1. The van der Waals surface area contributed by atoms with Gasteiger partial charge < -0.3 is 5.32 Å². The normalized spacial score (nSPS) is 20.2. The molecule has 1 N–H and O–H groups in total. The molecule has 0 bridgehead atoms. The lowest BCUT2D eigenvalue weighted by atomic mass is 10.1. The van der Waals surface area contributed by atoms with Crippen LogP contribution in [-0.4, -0.2) is 25.9 Å². The highest BCUT2D eigenvalue weighted by Crippen LogP contribution is 2.42. The van der Waals surface area contributed by atoms with Gasteiger partial charge in [0.1, 0.15) is 11.6 Å². The largest absolute Gasteiger partial charge is 0.365 e. The van der Waals surface area contributed by atoms with E-state index in [2.05, 4.69) is 20.6 Å². The Morgan fingerprint density at radius 3 is 2.61 bits per heavy atom. The molecule has 5 nitrogen and oxygen atoms in total. The highest BCUT2D eigenvalue weighted by molar-refractivity contribution is 5.46. The summed E-state index contributed by atoms with van der Waals surface area (Å²) < 4.78 is 39.7. The summed E-state index contributed by atoms with van der Waals surface area (Å²) in [6.45, 7) is 0. The van der Waals surface area contributed by atoms with E-state index in [4.69, 9.17) is 0 Å². The van der Waals surface area contributed by atoms with Crippen molar-refractivity contribution in [3.8, 4) is 0 Å². The molecule has 1 fully saturated rings. The smallest absolute Gasteiger partial charge is 0.299 e. The number of halogens is 3. The molecule has 23 heavy (non-hydrogen) atoms. The lowest BCUT2D eigenvalue weighted by Crippen LogP contribution is -2.09. The molecule has 8 heteroatoms. The molecule has 0 radical (unpaired) electrons. The predicted molar refractivity (Wildman–Crippen MR) is 76.9 cm³/mol. The zero-order chi connectivity index (χ0) is 16.0. The topological polar surface area (TPSA) is 55.1 Å². The number of aromatic nitrogens is 4. The van der Waals surface area contributed by atoms with Gasteiger partial charge in [-0.15, -0.1) is 15.3 Å². The SMILES string of the molecule is Fc1ccc([C@@H]2CC2Nc2ccc3nnc(C(F)F)n3n2)cc1. The minimum absolute atomic E-state index is 0.150. The molecule has 2 heterocycles. The van der Waals surface area contributed by atoms with Gasteiger partial charge in [0.05, 0.1) is 0 Å². The first-order valence-electron chi connectivity index (χ1n) is 7.14. The van der Waals surface area contributed by atoms with Crippen LogP contribution in [0.3, 0.4) is 0 Å². The van der Waals surface area contributed by atoms with E-state index in [9.17, 15) is 13.2 Å². The van der Waals surface area contributed by atoms with Crippen molar-refractivity contribution in [2.45, 2.75) is 24.8 Å². The first-order chi connectivity index (χ1) is 11.1. The number of alkyl halides is 2. The first kappa shape index (κ1) is 14.0. The first-order valence-corrected chi connectivity index (χ1v) is 7.14. The van der Waals surface area contributed by atoms with Crippen molar-refractivity contribution in [2.24, 2.45) is 0 Å². The Kier molecular flexibility index (Phi) is 3.17. The summed E-state index contributed by atoms with van der Waals surface area (Å²) in [4.78, 5) is 0. The number of hydrogen-bond acceptors (Lipinski definition) is 4. The second-order valence-corrected chi connectivity index (χ2v) is 5.49. The minimum Gasteiger partial charge on any atom is -0.365 e. The maximum Gasteiger partial charge on any atom is 0.299 e. The lowest BCUT2D eigenvalue weighted by Gasteiger charge is -2.06. The Balaban J connectivity index is 1.52. The third kappa shape index (κ3) is 2.60. The van der Waals surface area contributed by atoms with Crippen molar-refractivity contribution in [2.75, 3.05) is 5.32 Å². The molecule has 0 saturated heterocycles. The Hall–Kier alpha value is -2.64. The number of nitrogens with zero attached hydrogens (tertiary/aromatic N) is 4. The highest BCUT2D eigenvalue weighted by atomic mass is 19.3. The predicted octanol–water partition coefficient (Wildman–Crippen LogP) is 3.17. The van der Waals surface area contributed by atoms with Crippen LogP contribution in [0.15, 0.2) is 36.4 Å². The maximum atomic E-state index is 12.9. The zero-order valence-corrected chi connectivity index (χ0v) is 11.8. The van der Waals surface area contributed by atoms with Gasteiger partial charge in [-0.3, -0.25) is 0 Å².